The molecule has 1 N–H and O–H groups in total. The van der Waals surface area contributed by atoms with Gasteiger partial charge in [-0.15, -0.1) is 0 Å². The summed E-state index contributed by atoms with van der Waals surface area (Å²) in [6.45, 7) is 1.09. The summed E-state index contributed by atoms with van der Waals surface area (Å²) in [7, 11) is -6.17. The minimum absolute atomic E-state index is 0.204. The molecule has 0 saturated heterocycles. The lowest BCUT2D eigenvalue weighted by atomic mass is 10.6. The molecule has 12 heavy (non-hydrogen) atoms. The quantitative estimate of drug-likeness (QED) is 0.660. The number of nitrogens with one attached hydrogen (secondary N) is 1. The second-order valence-electron chi connectivity index (χ2n) is 1.81. The number of amides is 1. The molecule has 0 bridgehead atoms. The molecule has 0 aromatic carbocycles. The third-order valence-electron chi connectivity index (χ3n) is 0.908. The first kappa shape index (κ1) is 11.2. The van der Waals surface area contributed by atoms with Crippen LogP contribution in [-0.2, 0) is 15.0 Å². The zero-order chi connectivity index (χ0) is 9.99. The van der Waals surface area contributed by atoms with Crippen LogP contribution in [-0.4, -0.2) is 26.1 Å². The Morgan fingerprint density at radius 1 is 1.50 bits per heavy atom. The Morgan fingerprint density at radius 2 is 1.92 bits per heavy atom. The van der Waals surface area contributed by atoms with Gasteiger partial charge in [0.25, 0.3) is 0 Å². The Labute approximate surface area is 67.0 Å². The largest absolute Gasteiger partial charge is 0.451 e. The van der Waals surface area contributed by atoms with Crippen molar-refractivity contribution in [3.8, 4) is 0 Å². The first-order chi connectivity index (χ1) is 5.23. The van der Waals surface area contributed by atoms with Crippen LogP contribution in [0.25, 0.3) is 0 Å². The number of halogens is 3. The maximum absolute atomic E-state index is 12.1. The molecule has 0 aromatic heterocycles. The highest BCUT2D eigenvalue weighted by molar-refractivity contribution is 7.88. The molecule has 0 saturated carbocycles. The predicted molar refractivity (Wildman–Crippen MR) is 33.7 cm³/mol. The van der Waals surface area contributed by atoms with E-state index in [2.05, 4.69) is 0 Å². The van der Waals surface area contributed by atoms with E-state index in [-0.39, 0.29) is 6.54 Å². The zero-order valence-electron chi connectivity index (χ0n) is 5.97. The molecule has 0 radical (unpaired) electrons. The van der Waals surface area contributed by atoms with Gasteiger partial charge in [0.05, 0.1) is 0 Å². The second-order valence-corrected chi connectivity index (χ2v) is 3.20. The molecule has 8 heteroatoms. The number of carbonyl (C=O) groups excluding carboxylic acids is 1. The summed E-state index contributed by atoms with van der Waals surface area (Å²) < 4.78 is 55.4. The van der Waals surface area contributed by atoms with E-state index in [1.807, 2.05) is 0 Å². The SMILES string of the molecule is CCNC(=O)C(F)(F)S(=O)(=O)F. The molecule has 72 valence electrons. The van der Waals surface area contributed by atoms with Crippen molar-refractivity contribution in [2.75, 3.05) is 6.54 Å². The Kier molecular flexibility index (Phi) is 3.08. The minimum atomic E-state index is -6.17. The van der Waals surface area contributed by atoms with Crippen molar-refractivity contribution in [3.63, 3.8) is 0 Å². The van der Waals surface area contributed by atoms with E-state index in [9.17, 15) is 25.9 Å². The standard InChI is InChI=1S/C4H6F3NO3S/c1-2-8-3(9)4(5,6)12(7,10)11/h2H2,1H3,(H,8,9). The maximum atomic E-state index is 12.1. The lowest BCUT2D eigenvalue weighted by molar-refractivity contribution is -0.135. The fraction of sp³-hybridized carbons (Fsp3) is 0.750. The molecule has 0 aliphatic carbocycles. The predicted octanol–water partition coefficient (Wildman–Crippen LogP) is 0.0146. The van der Waals surface area contributed by atoms with Gasteiger partial charge in [-0.05, 0) is 6.92 Å². The summed E-state index contributed by atoms with van der Waals surface area (Å²) in [6.07, 6.45) is 0. The highest BCUT2D eigenvalue weighted by atomic mass is 32.3. The summed E-state index contributed by atoms with van der Waals surface area (Å²) in [4.78, 5) is 10.2. The van der Waals surface area contributed by atoms with E-state index >= 15 is 0 Å². The van der Waals surface area contributed by atoms with Gasteiger partial charge in [0.1, 0.15) is 0 Å². The average molecular weight is 205 g/mol. The lowest BCUT2D eigenvalue weighted by Gasteiger charge is -2.09. The fourth-order valence-corrected chi connectivity index (χ4v) is 0.668. The maximum Gasteiger partial charge on any atom is 0.451 e. The van der Waals surface area contributed by atoms with Gasteiger partial charge in [-0.1, -0.05) is 3.89 Å². The van der Waals surface area contributed by atoms with Crippen LogP contribution in [0.1, 0.15) is 6.92 Å². The normalized spacial score (nSPS) is 12.7. The molecule has 0 aliphatic heterocycles. The first-order valence-corrected chi connectivity index (χ1v) is 4.22. The van der Waals surface area contributed by atoms with Gasteiger partial charge in [0, 0.05) is 6.54 Å². The van der Waals surface area contributed by atoms with Crippen LogP contribution in [0.4, 0.5) is 12.7 Å². The van der Waals surface area contributed by atoms with Gasteiger partial charge in [-0.3, -0.25) is 4.79 Å². The van der Waals surface area contributed by atoms with Crippen molar-refractivity contribution < 1.29 is 25.9 Å². The summed E-state index contributed by atoms with van der Waals surface area (Å²) in [5.41, 5.74) is 0. The Balaban J connectivity index is 4.75. The van der Waals surface area contributed by atoms with Crippen LogP contribution in [0.15, 0.2) is 0 Å². The summed E-state index contributed by atoms with van der Waals surface area (Å²) in [5.74, 6) is -2.16. The van der Waals surface area contributed by atoms with E-state index in [1.54, 1.807) is 0 Å². The van der Waals surface area contributed by atoms with E-state index in [0.29, 0.717) is 0 Å². The number of carbonyl (C=O) groups is 1. The molecule has 0 aromatic rings. The van der Waals surface area contributed by atoms with Gasteiger partial charge in [-0.25, -0.2) is 0 Å². The second kappa shape index (κ2) is 3.30. The highest BCUT2D eigenvalue weighted by Crippen LogP contribution is 2.23. The topological polar surface area (TPSA) is 63.2 Å². The third-order valence-corrected chi connectivity index (χ3v) is 1.71. The van der Waals surface area contributed by atoms with Gasteiger partial charge < -0.3 is 5.32 Å². The van der Waals surface area contributed by atoms with Crippen LogP contribution in [0.2, 0.25) is 0 Å². The lowest BCUT2D eigenvalue weighted by Crippen LogP contribution is -2.44. The van der Waals surface area contributed by atoms with Crippen LogP contribution in [0.5, 0.6) is 0 Å². The number of alkyl halides is 2. The molecular weight excluding hydrogens is 199 g/mol. The first-order valence-electron chi connectivity index (χ1n) is 2.83. The summed E-state index contributed by atoms with van der Waals surface area (Å²) >= 11 is 0. The van der Waals surface area contributed by atoms with Gasteiger partial charge in [0.2, 0.25) is 0 Å². The van der Waals surface area contributed by atoms with Crippen LogP contribution in [0.3, 0.4) is 0 Å². The van der Waals surface area contributed by atoms with Gasteiger partial charge >= 0.3 is 21.4 Å². The molecule has 0 spiro atoms. The van der Waals surface area contributed by atoms with Gasteiger partial charge in [-0.2, -0.15) is 17.2 Å². The molecule has 0 heterocycles. The van der Waals surface area contributed by atoms with Crippen LogP contribution < -0.4 is 5.32 Å². The van der Waals surface area contributed by atoms with E-state index in [0.717, 1.165) is 0 Å². The molecule has 0 unspecified atom stereocenters. The van der Waals surface area contributed by atoms with Crippen molar-refractivity contribution in [1.29, 1.82) is 0 Å². The Hall–Kier alpha value is -0.790. The van der Waals surface area contributed by atoms with Crippen molar-refractivity contribution in [3.05, 3.63) is 0 Å². The van der Waals surface area contributed by atoms with Gasteiger partial charge in [0.15, 0.2) is 0 Å². The number of rotatable bonds is 3. The highest BCUT2D eigenvalue weighted by Gasteiger charge is 2.53. The number of hydrogen-bond donors (Lipinski definition) is 1. The molecule has 0 fully saturated rings. The number of hydrogen-bond acceptors (Lipinski definition) is 3. The molecular formula is C4H6F3NO3S. The van der Waals surface area contributed by atoms with Crippen molar-refractivity contribution in [1.82, 2.24) is 5.32 Å². The smallest absolute Gasteiger partial charge is 0.350 e. The van der Waals surface area contributed by atoms with E-state index < -0.39 is 21.4 Å². The van der Waals surface area contributed by atoms with Crippen LogP contribution >= 0.6 is 0 Å². The Bertz CT molecular complexity index is 273. The average Bonchev–Trinajstić information content (AvgIpc) is 1.85. The molecule has 0 rings (SSSR count). The van der Waals surface area contributed by atoms with Crippen molar-refractivity contribution >= 4 is 16.1 Å². The van der Waals surface area contributed by atoms with Crippen LogP contribution in [0, 0.1) is 0 Å². The molecule has 4 nitrogen and oxygen atoms in total. The summed E-state index contributed by atoms with van der Waals surface area (Å²) in [5, 5.41) is -3.51. The van der Waals surface area contributed by atoms with Crippen molar-refractivity contribution in [2.24, 2.45) is 0 Å². The molecule has 1 amide bonds. The molecule has 0 aliphatic rings. The Morgan fingerprint density at radius 3 is 2.17 bits per heavy atom. The fourth-order valence-electron chi connectivity index (χ4n) is 0.374. The minimum Gasteiger partial charge on any atom is -0.350 e. The van der Waals surface area contributed by atoms with E-state index in [4.69, 9.17) is 0 Å². The summed E-state index contributed by atoms with van der Waals surface area (Å²) in [6, 6.07) is 0. The third kappa shape index (κ3) is 2.10. The molecule has 0 atom stereocenters. The van der Waals surface area contributed by atoms with E-state index in [1.165, 1.54) is 12.2 Å². The zero-order valence-corrected chi connectivity index (χ0v) is 6.79. The van der Waals surface area contributed by atoms with Crippen molar-refractivity contribution in [2.45, 2.75) is 12.2 Å². The monoisotopic (exact) mass is 205 g/mol.